The van der Waals surface area contributed by atoms with Crippen molar-refractivity contribution in [1.29, 1.82) is 5.26 Å². The zero-order valence-electron chi connectivity index (χ0n) is 14.3. The van der Waals surface area contributed by atoms with Crippen molar-refractivity contribution in [2.24, 2.45) is 0 Å². The van der Waals surface area contributed by atoms with Gasteiger partial charge in [0.25, 0.3) is 5.56 Å². The van der Waals surface area contributed by atoms with E-state index in [0.29, 0.717) is 33.5 Å². The number of phenolic OH excluding ortho intramolecular Hbond substituents is 1. The Bertz CT molecular complexity index is 1250. The van der Waals surface area contributed by atoms with Gasteiger partial charge in [-0.15, -0.1) is 0 Å². The molecule has 27 heavy (non-hydrogen) atoms. The summed E-state index contributed by atoms with van der Waals surface area (Å²) in [7, 11) is 1.48. The van der Waals surface area contributed by atoms with E-state index >= 15 is 0 Å². The molecule has 0 saturated carbocycles. The molecule has 0 bridgehead atoms. The van der Waals surface area contributed by atoms with E-state index in [0.717, 1.165) is 5.56 Å². The lowest BCUT2D eigenvalue weighted by molar-refractivity contribution is 0.414. The fourth-order valence-electron chi connectivity index (χ4n) is 3.19. The monoisotopic (exact) mass is 358 g/mol. The van der Waals surface area contributed by atoms with E-state index in [2.05, 4.69) is 4.98 Å². The van der Waals surface area contributed by atoms with Crippen molar-refractivity contribution in [1.82, 2.24) is 4.98 Å². The van der Waals surface area contributed by atoms with Crippen molar-refractivity contribution in [2.75, 3.05) is 7.11 Å². The van der Waals surface area contributed by atoms with Crippen molar-refractivity contribution in [2.45, 2.75) is 0 Å². The number of nitriles is 1. The molecular formula is C21H14N2O4. The summed E-state index contributed by atoms with van der Waals surface area (Å²) in [6, 6.07) is 15.9. The number of aromatic hydroxyl groups is 1. The number of hydrogen-bond donors (Lipinski definition) is 2. The van der Waals surface area contributed by atoms with Gasteiger partial charge < -0.3 is 19.2 Å². The maximum absolute atomic E-state index is 12.5. The smallest absolute Gasteiger partial charge is 0.266 e. The first-order valence-corrected chi connectivity index (χ1v) is 8.14. The molecule has 4 rings (SSSR count). The maximum Gasteiger partial charge on any atom is 0.266 e. The van der Waals surface area contributed by atoms with Crippen LogP contribution >= 0.6 is 0 Å². The molecule has 132 valence electrons. The summed E-state index contributed by atoms with van der Waals surface area (Å²) in [5.74, 6) is 0.270. The number of aromatic amines is 1. The van der Waals surface area contributed by atoms with Gasteiger partial charge in [-0.3, -0.25) is 4.79 Å². The molecule has 6 nitrogen and oxygen atoms in total. The predicted molar refractivity (Wildman–Crippen MR) is 101 cm³/mol. The third-order valence-electron chi connectivity index (χ3n) is 4.39. The Hall–Kier alpha value is -3.98. The van der Waals surface area contributed by atoms with Crippen LogP contribution in [0.25, 0.3) is 33.4 Å². The number of aromatic nitrogens is 1. The number of pyridine rings is 1. The largest absolute Gasteiger partial charge is 0.507 e. The van der Waals surface area contributed by atoms with Crippen molar-refractivity contribution in [3.8, 4) is 40.0 Å². The predicted octanol–water partition coefficient (Wildman–Crippen LogP) is 4.04. The number of ether oxygens (including phenoxy) is 1. The first-order valence-electron chi connectivity index (χ1n) is 8.14. The van der Waals surface area contributed by atoms with Crippen LogP contribution in [0.5, 0.6) is 11.5 Å². The Morgan fingerprint density at radius 1 is 1.19 bits per heavy atom. The zero-order valence-corrected chi connectivity index (χ0v) is 14.3. The Balaban J connectivity index is 2.06. The van der Waals surface area contributed by atoms with Crippen LogP contribution in [0.2, 0.25) is 0 Å². The molecule has 0 spiro atoms. The van der Waals surface area contributed by atoms with Crippen LogP contribution in [-0.4, -0.2) is 17.2 Å². The van der Waals surface area contributed by atoms with Crippen LogP contribution in [0, 0.1) is 11.3 Å². The van der Waals surface area contributed by atoms with E-state index in [1.165, 1.54) is 19.4 Å². The standard InChI is InChI=1S/C21H14N2O4/c1-26-20-13-7-8-27-18(13)10-17(24)19(20)16-9-14(12-5-3-2-4-6-12)15(11-22)21(25)23-16/h2-10,24H,1H3,(H,23,25). The maximum atomic E-state index is 12.5. The van der Waals surface area contributed by atoms with Crippen molar-refractivity contribution < 1.29 is 14.3 Å². The molecule has 4 aromatic rings. The van der Waals surface area contributed by atoms with Crippen LogP contribution in [0.3, 0.4) is 0 Å². The summed E-state index contributed by atoms with van der Waals surface area (Å²) < 4.78 is 10.8. The van der Waals surface area contributed by atoms with Gasteiger partial charge in [0, 0.05) is 11.6 Å². The lowest BCUT2D eigenvalue weighted by Crippen LogP contribution is -2.13. The number of H-pyrrole nitrogens is 1. The van der Waals surface area contributed by atoms with Crippen LogP contribution in [0.1, 0.15) is 5.56 Å². The number of fused-ring (bicyclic) bond motifs is 1. The Morgan fingerprint density at radius 2 is 1.96 bits per heavy atom. The molecule has 0 aliphatic rings. The molecule has 0 unspecified atom stereocenters. The molecule has 6 heteroatoms. The van der Waals surface area contributed by atoms with Gasteiger partial charge in [-0.25, -0.2) is 0 Å². The number of phenols is 1. The van der Waals surface area contributed by atoms with Crippen LogP contribution in [0.15, 0.2) is 64.0 Å². The van der Waals surface area contributed by atoms with Crippen LogP contribution < -0.4 is 10.3 Å². The van der Waals surface area contributed by atoms with E-state index in [1.807, 2.05) is 36.4 Å². The third-order valence-corrected chi connectivity index (χ3v) is 4.39. The average molecular weight is 358 g/mol. The van der Waals surface area contributed by atoms with Gasteiger partial charge in [0.15, 0.2) is 0 Å². The van der Waals surface area contributed by atoms with Gasteiger partial charge in [0.05, 0.1) is 30.0 Å². The number of benzene rings is 2. The van der Waals surface area contributed by atoms with E-state index in [4.69, 9.17) is 9.15 Å². The van der Waals surface area contributed by atoms with Gasteiger partial charge in [-0.1, -0.05) is 30.3 Å². The molecule has 0 radical (unpaired) electrons. The minimum atomic E-state index is -0.539. The van der Waals surface area contributed by atoms with Gasteiger partial charge >= 0.3 is 0 Å². The second kappa shape index (κ2) is 6.39. The van der Waals surface area contributed by atoms with E-state index in [-0.39, 0.29) is 11.3 Å². The number of methoxy groups -OCH3 is 1. The number of nitrogens with one attached hydrogen (secondary N) is 1. The summed E-state index contributed by atoms with van der Waals surface area (Å²) in [6.07, 6.45) is 1.49. The number of furan rings is 1. The van der Waals surface area contributed by atoms with Crippen molar-refractivity contribution >= 4 is 11.0 Å². The SMILES string of the molecule is COc1c(-c2cc(-c3ccccc3)c(C#N)c(=O)[nH]2)c(O)cc2occc12. The molecule has 2 aromatic carbocycles. The van der Waals surface area contributed by atoms with Crippen LogP contribution in [-0.2, 0) is 0 Å². The highest BCUT2D eigenvalue weighted by molar-refractivity contribution is 5.95. The third kappa shape index (κ3) is 2.62. The number of hydrogen-bond acceptors (Lipinski definition) is 5. The van der Waals surface area contributed by atoms with Crippen molar-refractivity contribution in [3.63, 3.8) is 0 Å². The molecule has 0 atom stereocenters. The molecule has 2 aromatic heterocycles. The van der Waals surface area contributed by atoms with E-state index < -0.39 is 5.56 Å². The highest BCUT2D eigenvalue weighted by Gasteiger charge is 2.20. The molecule has 0 saturated heterocycles. The summed E-state index contributed by atoms with van der Waals surface area (Å²) in [6.45, 7) is 0. The van der Waals surface area contributed by atoms with Crippen LogP contribution in [0.4, 0.5) is 0 Å². The first kappa shape index (κ1) is 16.5. The molecule has 2 heterocycles. The lowest BCUT2D eigenvalue weighted by atomic mass is 9.98. The molecule has 0 aliphatic heterocycles. The fourth-order valence-corrected chi connectivity index (χ4v) is 3.19. The summed E-state index contributed by atoms with van der Waals surface area (Å²) >= 11 is 0. The normalized spacial score (nSPS) is 10.7. The van der Waals surface area contributed by atoms with Gasteiger partial charge in [0.1, 0.15) is 28.7 Å². The fraction of sp³-hybridized carbons (Fsp3) is 0.0476. The van der Waals surface area contributed by atoms with Gasteiger partial charge in [-0.2, -0.15) is 5.26 Å². The number of nitrogens with zero attached hydrogens (tertiary/aromatic N) is 1. The minimum Gasteiger partial charge on any atom is -0.507 e. The summed E-state index contributed by atoms with van der Waals surface area (Å²) in [5, 5.41) is 20.6. The van der Waals surface area contributed by atoms with E-state index in [1.54, 1.807) is 12.1 Å². The summed E-state index contributed by atoms with van der Waals surface area (Å²) in [4.78, 5) is 15.2. The Kier molecular flexibility index (Phi) is 3.90. The molecule has 0 amide bonds. The van der Waals surface area contributed by atoms with E-state index in [9.17, 15) is 15.2 Å². The zero-order chi connectivity index (χ0) is 19.0. The van der Waals surface area contributed by atoms with Gasteiger partial charge in [-0.05, 0) is 17.7 Å². The lowest BCUT2D eigenvalue weighted by Gasteiger charge is -2.13. The van der Waals surface area contributed by atoms with Crippen molar-refractivity contribution in [3.05, 3.63) is 70.7 Å². The molecule has 0 fully saturated rings. The minimum absolute atomic E-state index is 0.00722. The second-order valence-corrected chi connectivity index (χ2v) is 5.91. The Morgan fingerprint density at radius 3 is 2.67 bits per heavy atom. The topological polar surface area (TPSA) is 99.2 Å². The molecule has 2 N–H and O–H groups in total. The first-order chi connectivity index (χ1) is 13.1. The second-order valence-electron chi connectivity index (χ2n) is 5.91. The molecule has 0 aliphatic carbocycles. The van der Waals surface area contributed by atoms with Gasteiger partial charge in [0.2, 0.25) is 0 Å². The quantitative estimate of drug-likeness (QED) is 0.576. The number of rotatable bonds is 3. The highest BCUT2D eigenvalue weighted by Crippen LogP contribution is 2.43. The average Bonchev–Trinajstić information content (AvgIpc) is 3.15. The molecular weight excluding hydrogens is 344 g/mol. The Labute approximate surface area is 153 Å². The summed E-state index contributed by atoms with van der Waals surface area (Å²) in [5.41, 5.74) is 1.80. The highest BCUT2D eigenvalue weighted by atomic mass is 16.5.